The quantitative estimate of drug-likeness (QED) is 0.708. The third-order valence-corrected chi connectivity index (χ3v) is 4.83. The molecule has 2 amide bonds. The minimum absolute atomic E-state index is 0.153. The summed E-state index contributed by atoms with van der Waals surface area (Å²) in [6.07, 6.45) is 3.82. The first kappa shape index (κ1) is 19.5. The molecular formula is C19H32N4O2. The lowest BCUT2D eigenvalue weighted by atomic mass is 9.81. The minimum Gasteiger partial charge on any atom is -0.392 e. The zero-order valence-corrected chi connectivity index (χ0v) is 15.9. The fourth-order valence-electron chi connectivity index (χ4n) is 3.21. The van der Waals surface area contributed by atoms with E-state index in [0.717, 1.165) is 24.5 Å². The maximum atomic E-state index is 12.0. The average Bonchev–Trinajstić information content (AvgIpc) is 3.12. The van der Waals surface area contributed by atoms with Crippen molar-refractivity contribution < 1.29 is 9.90 Å². The summed E-state index contributed by atoms with van der Waals surface area (Å²) in [4.78, 5) is 18.8. The molecule has 1 aliphatic heterocycles. The van der Waals surface area contributed by atoms with E-state index in [0.29, 0.717) is 13.1 Å². The number of aliphatic hydroxyl groups is 1. The molecule has 2 rings (SSSR count). The summed E-state index contributed by atoms with van der Waals surface area (Å²) in [5.74, 6) is 1.16. The summed E-state index contributed by atoms with van der Waals surface area (Å²) in [6.45, 7) is 10.9. The van der Waals surface area contributed by atoms with E-state index in [-0.39, 0.29) is 17.4 Å². The Morgan fingerprint density at radius 2 is 1.96 bits per heavy atom. The molecule has 1 atom stereocenters. The molecule has 2 heterocycles. The molecule has 0 spiro atoms. The van der Waals surface area contributed by atoms with Crippen molar-refractivity contribution >= 4 is 11.8 Å². The van der Waals surface area contributed by atoms with Gasteiger partial charge in [-0.2, -0.15) is 0 Å². The van der Waals surface area contributed by atoms with E-state index < -0.39 is 6.10 Å². The number of nitrogens with one attached hydrogen (secondary N) is 2. The van der Waals surface area contributed by atoms with Gasteiger partial charge in [0.1, 0.15) is 5.82 Å². The second-order valence-corrected chi connectivity index (χ2v) is 7.93. The lowest BCUT2D eigenvalue weighted by Crippen LogP contribution is -2.46. The maximum Gasteiger partial charge on any atom is 0.315 e. The Balaban J connectivity index is 1.76. The molecule has 1 unspecified atom stereocenters. The lowest BCUT2D eigenvalue weighted by molar-refractivity contribution is 0.0151. The zero-order valence-electron chi connectivity index (χ0n) is 15.9. The number of rotatable bonds is 7. The molecule has 1 saturated heterocycles. The number of aromatic nitrogens is 1. The molecule has 0 radical (unpaired) electrons. The van der Waals surface area contributed by atoms with E-state index in [1.54, 1.807) is 0 Å². The van der Waals surface area contributed by atoms with Gasteiger partial charge in [0.25, 0.3) is 0 Å². The zero-order chi connectivity index (χ0) is 18.4. The number of pyridine rings is 1. The lowest BCUT2D eigenvalue weighted by Gasteiger charge is -2.33. The van der Waals surface area contributed by atoms with Crippen molar-refractivity contribution in [1.82, 2.24) is 15.6 Å². The maximum absolute atomic E-state index is 12.0. The number of hydrogen-bond acceptors (Lipinski definition) is 4. The Bertz CT molecular complexity index is 551. The molecule has 3 N–H and O–H groups in total. The first-order valence-electron chi connectivity index (χ1n) is 9.19. The van der Waals surface area contributed by atoms with Crippen LogP contribution in [0, 0.1) is 11.3 Å². The number of carbonyl (C=O) groups is 1. The summed E-state index contributed by atoms with van der Waals surface area (Å²) in [5, 5.41) is 15.9. The number of anilines is 1. The highest BCUT2D eigenvalue weighted by molar-refractivity contribution is 5.73. The standard InChI is InChI=1S/C19H32N4O2/c1-14(2)17(24)19(3,4)13-22-18(25)21-12-15-7-8-16(20-11-15)23-9-5-6-10-23/h7-8,11,14,17,24H,5-6,9-10,12-13H2,1-4H3,(H2,21,22,25). The Morgan fingerprint density at radius 1 is 1.28 bits per heavy atom. The highest BCUT2D eigenvalue weighted by Gasteiger charge is 2.30. The first-order valence-corrected chi connectivity index (χ1v) is 9.19. The second-order valence-electron chi connectivity index (χ2n) is 7.93. The Labute approximate surface area is 151 Å². The molecule has 25 heavy (non-hydrogen) atoms. The van der Waals surface area contributed by atoms with E-state index >= 15 is 0 Å². The number of nitrogens with zero attached hydrogens (tertiary/aromatic N) is 2. The van der Waals surface area contributed by atoms with Gasteiger partial charge in [0.15, 0.2) is 0 Å². The molecule has 6 heteroatoms. The number of urea groups is 1. The summed E-state index contributed by atoms with van der Waals surface area (Å²) in [6, 6.07) is 3.79. The third kappa shape index (κ3) is 5.59. The fourth-order valence-corrected chi connectivity index (χ4v) is 3.21. The molecule has 1 aromatic rings. The number of hydrogen-bond donors (Lipinski definition) is 3. The molecular weight excluding hydrogens is 316 g/mol. The summed E-state index contributed by atoms with van der Waals surface area (Å²) < 4.78 is 0. The number of carbonyl (C=O) groups excluding carboxylic acids is 1. The van der Waals surface area contributed by atoms with E-state index in [1.807, 2.05) is 46.0 Å². The summed E-state index contributed by atoms with van der Waals surface area (Å²) >= 11 is 0. The summed E-state index contributed by atoms with van der Waals surface area (Å²) in [7, 11) is 0. The van der Waals surface area contributed by atoms with Crippen molar-refractivity contribution in [3.8, 4) is 0 Å². The highest BCUT2D eigenvalue weighted by atomic mass is 16.3. The molecule has 0 bridgehead atoms. The van der Waals surface area contributed by atoms with E-state index in [9.17, 15) is 9.90 Å². The van der Waals surface area contributed by atoms with Gasteiger partial charge in [0, 0.05) is 37.8 Å². The number of amides is 2. The van der Waals surface area contributed by atoms with Crippen LogP contribution in [0.5, 0.6) is 0 Å². The van der Waals surface area contributed by atoms with E-state index in [1.165, 1.54) is 12.8 Å². The van der Waals surface area contributed by atoms with Gasteiger partial charge in [-0.15, -0.1) is 0 Å². The fraction of sp³-hybridized carbons (Fsp3) is 0.684. The van der Waals surface area contributed by atoms with Gasteiger partial charge >= 0.3 is 6.03 Å². The third-order valence-electron chi connectivity index (χ3n) is 4.83. The van der Waals surface area contributed by atoms with Gasteiger partial charge in [-0.3, -0.25) is 0 Å². The van der Waals surface area contributed by atoms with Crippen LogP contribution in [0.25, 0.3) is 0 Å². The Morgan fingerprint density at radius 3 is 2.52 bits per heavy atom. The Hall–Kier alpha value is -1.82. The smallest absolute Gasteiger partial charge is 0.315 e. The van der Waals surface area contributed by atoms with Crippen molar-refractivity contribution in [3.05, 3.63) is 23.9 Å². The van der Waals surface area contributed by atoms with E-state index in [4.69, 9.17) is 0 Å². The van der Waals surface area contributed by atoms with Crippen LogP contribution in [0.4, 0.5) is 10.6 Å². The van der Waals surface area contributed by atoms with Crippen LogP contribution in [0.3, 0.4) is 0 Å². The molecule has 1 fully saturated rings. The minimum atomic E-state index is -0.463. The van der Waals surface area contributed by atoms with Crippen LogP contribution in [-0.4, -0.2) is 41.9 Å². The van der Waals surface area contributed by atoms with Crippen molar-refractivity contribution in [3.63, 3.8) is 0 Å². The normalized spacial score (nSPS) is 16.2. The van der Waals surface area contributed by atoms with Gasteiger partial charge in [-0.05, 0) is 30.4 Å². The SMILES string of the molecule is CC(C)C(O)C(C)(C)CNC(=O)NCc1ccc(N2CCCC2)nc1. The predicted molar refractivity (Wildman–Crippen MR) is 101 cm³/mol. The molecule has 0 aliphatic carbocycles. The molecule has 6 nitrogen and oxygen atoms in total. The van der Waals surface area contributed by atoms with Crippen LogP contribution in [-0.2, 0) is 6.54 Å². The van der Waals surface area contributed by atoms with Gasteiger partial charge in [-0.1, -0.05) is 33.8 Å². The van der Waals surface area contributed by atoms with Crippen LogP contribution >= 0.6 is 0 Å². The van der Waals surface area contributed by atoms with Crippen LogP contribution in [0.2, 0.25) is 0 Å². The monoisotopic (exact) mass is 348 g/mol. The largest absolute Gasteiger partial charge is 0.392 e. The van der Waals surface area contributed by atoms with Gasteiger partial charge in [-0.25, -0.2) is 9.78 Å². The molecule has 1 aliphatic rings. The van der Waals surface area contributed by atoms with Gasteiger partial charge in [0.05, 0.1) is 6.10 Å². The molecule has 0 aromatic carbocycles. The molecule has 1 aromatic heterocycles. The molecule has 140 valence electrons. The first-order chi connectivity index (χ1) is 11.8. The average molecular weight is 348 g/mol. The van der Waals surface area contributed by atoms with Crippen LogP contribution in [0.1, 0.15) is 46.1 Å². The van der Waals surface area contributed by atoms with Crippen molar-refractivity contribution in [1.29, 1.82) is 0 Å². The second kappa shape index (κ2) is 8.52. The topological polar surface area (TPSA) is 77.5 Å². The predicted octanol–water partition coefficient (Wildman–Crippen LogP) is 2.52. The van der Waals surface area contributed by atoms with Crippen molar-refractivity contribution in [2.45, 2.75) is 53.2 Å². The van der Waals surface area contributed by atoms with Crippen molar-refractivity contribution in [2.75, 3.05) is 24.5 Å². The molecule has 0 saturated carbocycles. The van der Waals surface area contributed by atoms with Gasteiger partial charge in [0.2, 0.25) is 0 Å². The van der Waals surface area contributed by atoms with Crippen LogP contribution < -0.4 is 15.5 Å². The van der Waals surface area contributed by atoms with E-state index in [2.05, 4.69) is 20.5 Å². The van der Waals surface area contributed by atoms with Crippen LogP contribution in [0.15, 0.2) is 18.3 Å². The summed E-state index contributed by atoms with van der Waals surface area (Å²) in [5.41, 5.74) is 0.601. The highest BCUT2D eigenvalue weighted by Crippen LogP contribution is 2.25. The van der Waals surface area contributed by atoms with Gasteiger partial charge < -0.3 is 20.6 Å². The number of aliphatic hydroxyl groups excluding tert-OH is 1. The van der Waals surface area contributed by atoms with Crippen molar-refractivity contribution in [2.24, 2.45) is 11.3 Å². The Kier molecular flexibility index (Phi) is 6.64.